The molecule has 2 aromatic heterocycles. The van der Waals surface area contributed by atoms with Crippen molar-refractivity contribution in [1.82, 2.24) is 9.97 Å². The van der Waals surface area contributed by atoms with E-state index in [2.05, 4.69) is 29.2 Å². The molecule has 0 amide bonds. The fraction of sp³-hybridized carbons (Fsp3) is 0.200. The van der Waals surface area contributed by atoms with Crippen LogP contribution in [-0.2, 0) is 6.61 Å². The third-order valence-electron chi connectivity index (χ3n) is 3.32. The zero-order valence-electron chi connectivity index (χ0n) is 11.9. The highest BCUT2D eigenvalue weighted by Crippen LogP contribution is 2.32. The summed E-state index contributed by atoms with van der Waals surface area (Å²) in [5.41, 5.74) is 3.83. The van der Waals surface area contributed by atoms with Gasteiger partial charge >= 0.3 is 0 Å². The minimum Gasteiger partial charge on any atom is -0.486 e. The van der Waals surface area contributed by atoms with E-state index in [1.54, 1.807) is 11.3 Å². The van der Waals surface area contributed by atoms with E-state index in [1.165, 1.54) is 10.4 Å². The van der Waals surface area contributed by atoms with Crippen LogP contribution in [0.2, 0.25) is 0 Å². The number of nitrogen functional groups attached to an aromatic ring is 1. The Kier molecular flexibility index (Phi) is 3.72. The molecule has 0 aliphatic heterocycles. The Labute approximate surface area is 126 Å². The molecule has 0 atom stereocenters. The van der Waals surface area contributed by atoms with Crippen LogP contribution in [0, 0.1) is 13.8 Å². The van der Waals surface area contributed by atoms with E-state index in [0.29, 0.717) is 18.2 Å². The van der Waals surface area contributed by atoms with Crippen molar-refractivity contribution in [1.29, 1.82) is 0 Å². The first kappa shape index (κ1) is 13.8. The Balaban J connectivity index is 1.93. The lowest BCUT2D eigenvalue weighted by atomic mass is 10.2. The monoisotopic (exact) mass is 300 g/mol. The number of hydrazine groups is 1. The zero-order chi connectivity index (χ0) is 14.8. The maximum atomic E-state index is 5.69. The van der Waals surface area contributed by atoms with Crippen LogP contribution in [0.15, 0.2) is 30.3 Å². The Bertz CT molecular complexity index is 770. The lowest BCUT2D eigenvalue weighted by molar-refractivity contribution is 0.296. The van der Waals surface area contributed by atoms with Gasteiger partial charge in [-0.25, -0.2) is 15.8 Å². The molecule has 5 nitrogen and oxygen atoms in total. The molecule has 0 bridgehead atoms. The number of nitrogens with one attached hydrogen (secondary N) is 1. The van der Waals surface area contributed by atoms with Gasteiger partial charge in [0, 0.05) is 4.88 Å². The molecular weight excluding hydrogens is 284 g/mol. The number of thiophene rings is 1. The fourth-order valence-corrected chi connectivity index (χ4v) is 3.18. The van der Waals surface area contributed by atoms with Crippen LogP contribution in [0.3, 0.4) is 0 Å². The van der Waals surface area contributed by atoms with Crippen LogP contribution in [0.1, 0.15) is 16.3 Å². The topological polar surface area (TPSA) is 73.1 Å². The second-order valence-electron chi connectivity index (χ2n) is 4.70. The van der Waals surface area contributed by atoms with Crippen molar-refractivity contribution in [3.05, 3.63) is 46.6 Å². The Morgan fingerprint density at radius 2 is 1.95 bits per heavy atom. The molecule has 1 aromatic carbocycles. The summed E-state index contributed by atoms with van der Waals surface area (Å²) in [7, 11) is 0. The molecule has 0 fully saturated rings. The SMILES string of the molecule is Cc1sc2nc(COc3ccccc3)nc(NN)c2c1C. The zero-order valence-corrected chi connectivity index (χ0v) is 12.7. The number of ether oxygens (including phenoxy) is 1. The average Bonchev–Trinajstić information content (AvgIpc) is 2.80. The number of fused-ring (bicyclic) bond motifs is 1. The van der Waals surface area contributed by atoms with E-state index in [9.17, 15) is 0 Å². The van der Waals surface area contributed by atoms with Crippen LogP contribution < -0.4 is 16.0 Å². The van der Waals surface area contributed by atoms with Crippen LogP contribution in [-0.4, -0.2) is 9.97 Å². The van der Waals surface area contributed by atoms with Gasteiger partial charge in [-0.05, 0) is 31.5 Å². The van der Waals surface area contributed by atoms with Crippen molar-refractivity contribution in [2.24, 2.45) is 5.84 Å². The first-order chi connectivity index (χ1) is 10.2. The Hall–Kier alpha value is -2.18. The molecule has 0 radical (unpaired) electrons. The van der Waals surface area contributed by atoms with Crippen LogP contribution in [0.5, 0.6) is 5.75 Å². The summed E-state index contributed by atoms with van der Waals surface area (Å²) in [5.74, 6) is 7.65. The van der Waals surface area contributed by atoms with Crippen molar-refractivity contribution in [2.75, 3.05) is 5.43 Å². The predicted octanol–water partition coefficient (Wildman–Crippen LogP) is 3.17. The van der Waals surface area contributed by atoms with Crippen LogP contribution in [0.25, 0.3) is 10.2 Å². The van der Waals surface area contributed by atoms with Gasteiger partial charge in [0.05, 0.1) is 5.39 Å². The van der Waals surface area contributed by atoms with Crippen molar-refractivity contribution >= 4 is 27.4 Å². The summed E-state index contributed by atoms with van der Waals surface area (Å²) in [6.07, 6.45) is 0. The summed E-state index contributed by atoms with van der Waals surface area (Å²) in [4.78, 5) is 11.2. The van der Waals surface area contributed by atoms with E-state index >= 15 is 0 Å². The second kappa shape index (κ2) is 5.67. The van der Waals surface area contributed by atoms with Crippen molar-refractivity contribution in [2.45, 2.75) is 20.5 Å². The molecule has 2 heterocycles. The minimum atomic E-state index is 0.310. The van der Waals surface area contributed by atoms with E-state index < -0.39 is 0 Å². The number of hydrogen-bond donors (Lipinski definition) is 2. The molecular formula is C15H16N4OS. The molecule has 0 unspecified atom stereocenters. The number of nitrogens with zero attached hydrogens (tertiary/aromatic N) is 2. The largest absolute Gasteiger partial charge is 0.486 e. The van der Waals surface area contributed by atoms with E-state index in [4.69, 9.17) is 10.6 Å². The lowest BCUT2D eigenvalue weighted by Gasteiger charge is -2.08. The average molecular weight is 300 g/mol. The van der Waals surface area contributed by atoms with Gasteiger partial charge < -0.3 is 10.2 Å². The maximum Gasteiger partial charge on any atom is 0.169 e. The van der Waals surface area contributed by atoms with E-state index in [1.807, 2.05) is 30.3 Å². The van der Waals surface area contributed by atoms with Crippen molar-refractivity contribution in [3.63, 3.8) is 0 Å². The van der Waals surface area contributed by atoms with Gasteiger partial charge in [-0.3, -0.25) is 0 Å². The van der Waals surface area contributed by atoms with E-state index in [0.717, 1.165) is 16.0 Å². The normalized spacial score (nSPS) is 10.8. The third-order valence-corrected chi connectivity index (χ3v) is 4.42. The molecule has 3 rings (SSSR count). The van der Waals surface area contributed by atoms with Gasteiger partial charge in [-0.2, -0.15) is 0 Å². The molecule has 108 valence electrons. The number of nitrogens with two attached hydrogens (primary N) is 1. The summed E-state index contributed by atoms with van der Waals surface area (Å²) < 4.78 is 5.69. The smallest absolute Gasteiger partial charge is 0.169 e. The van der Waals surface area contributed by atoms with Gasteiger partial charge in [-0.1, -0.05) is 18.2 Å². The third kappa shape index (κ3) is 2.68. The minimum absolute atomic E-state index is 0.310. The molecule has 0 aliphatic carbocycles. The Morgan fingerprint density at radius 3 is 2.67 bits per heavy atom. The molecule has 0 aliphatic rings. The molecule has 6 heteroatoms. The fourth-order valence-electron chi connectivity index (χ4n) is 2.13. The summed E-state index contributed by atoms with van der Waals surface area (Å²) in [6.45, 7) is 4.44. The summed E-state index contributed by atoms with van der Waals surface area (Å²) in [6, 6.07) is 9.61. The number of hydrogen-bond acceptors (Lipinski definition) is 6. The number of para-hydroxylation sites is 1. The Morgan fingerprint density at radius 1 is 1.19 bits per heavy atom. The number of benzene rings is 1. The van der Waals surface area contributed by atoms with Gasteiger partial charge in [0.25, 0.3) is 0 Å². The quantitative estimate of drug-likeness (QED) is 0.572. The molecule has 0 saturated carbocycles. The summed E-state index contributed by atoms with van der Waals surface area (Å²) >= 11 is 1.64. The molecule has 21 heavy (non-hydrogen) atoms. The highest BCUT2D eigenvalue weighted by molar-refractivity contribution is 7.18. The van der Waals surface area contributed by atoms with E-state index in [-0.39, 0.29) is 0 Å². The first-order valence-electron chi connectivity index (χ1n) is 6.60. The van der Waals surface area contributed by atoms with Crippen LogP contribution >= 0.6 is 11.3 Å². The standard InChI is InChI=1S/C15H16N4OS/c1-9-10(2)21-15-13(9)14(19-16)17-12(18-15)8-20-11-6-4-3-5-7-11/h3-7H,8,16H2,1-2H3,(H,17,18,19). The van der Waals surface area contributed by atoms with Gasteiger partial charge in [-0.15, -0.1) is 11.3 Å². The number of anilines is 1. The lowest BCUT2D eigenvalue weighted by Crippen LogP contribution is -2.12. The predicted molar refractivity (Wildman–Crippen MR) is 85.5 cm³/mol. The molecule has 3 aromatic rings. The molecule has 3 N–H and O–H groups in total. The number of aromatic nitrogens is 2. The van der Waals surface area contributed by atoms with Gasteiger partial charge in [0.15, 0.2) is 11.6 Å². The van der Waals surface area contributed by atoms with Crippen LogP contribution in [0.4, 0.5) is 5.82 Å². The van der Waals surface area contributed by atoms with Gasteiger partial charge in [0.2, 0.25) is 0 Å². The maximum absolute atomic E-state index is 5.69. The van der Waals surface area contributed by atoms with Gasteiger partial charge in [0.1, 0.15) is 17.2 Å². The molecule has 0 spiro atoms. The number of aryl methyl sites for hydroxylation is 2. The molecule has 0 saturated heterocycles. The first-order valence-corrected chi connectivity index (χ1v) is 7.41. The highest BCUT2D eigenvalue weighted by atomic mass is 32.1. The highest BCUT2D eigenvalue weighted by Gasteiger charge is 2.14. The van der Waals surface area contributed by atoms with Crippen molar-refractivity contribution in [3.8, 4) is 5.75 Å². The summed E-state index contributed by atoms with van der Waals surface area (Å²) in [5, 5.41) is 0.989. The number of rotatable bonds is 4. The second-order valence-corrected chi connectivity index (χ2v) is 5.90. The van der Waals surface area contributed by atoms with Crippen molar-refractivity contribution < 1.29 is 4.74 Å².